The Morgan fingerprint density at radius 3 is 2.62 bits per heavy atom. The summed E-state index contributed by atoms with van der Waals surface area (Å²) in [7, 11) is 0. The van der Waals surface area contributed by atoms with Crippen molar-refractivity contribution in [1.82, 2.24) is 0 Å². The summed E-state index contributed by atoms with van der Waals surface area (Å²) in [6.07, 6.45) is 16.8. The van der Waals surface area contributed by atoms with Gasteiger partial charge < -0.3 is 0 Å². The molecule has 0 heterocycles. The van der Waals surface area contributed by atoms with Gasteiger partial charge in [-0.25, -0.2) is 0 Å². The van der Waals surface area contributed by atoms with E-state index in [9.17, 15) is 0 Å². The van der Waals surface area contributed by atoms with Crippen LogP contribution in [0, 0.1) is 11.3 Å². The molecule has 114 valence electrons. The summed E-state index contributed by atoms with van der Waals surface area (Å²) in [4.78, 5) is 0. The summed E-state index contributed by atoms with van der Waals surface area (Å²) in [5.74, 6) is 0.420. The molecular formula is C21H30. The zero-order valence-electron chi connectivity index (χ0n) is 14.0. The second kappa shape index (κ2) is 8.02. The molecule has 1 rings (SSSR count). The Labute approximate surface area is 131 Å². The third kappa shape index (κ3) is 5.75. The molecule has 0 radical (unpaired) electrons. The van der Waals surface area contributed by atoms with Crippen LogP contribution in [0.2, 0.25) is 0 Å². The first-order valence-corrected chi connectivity index (χ1v) is 7.86. The Morgan fingerprint density at radius 1 is 1.29 bits per heavy atom. The predicted octanol–water partition coefficient (Wildman–Crippen LogP) is 6.56. The molecule has 1 unspecified atom stereocenters. The highest BCUT2D eigenvalue weighted by atomic mass is 14.3. The number of allylic oxidation sites excluding steroid dienone is 9. The fraction of sp³-hybridized carbons (Fsp3) is 0.429. The molecule has 1 aliphatic rings. The largest absolute Gasteiger partial charge is 0.103 e. The number of hydrogen-bond acceptors (Lipinski definition) is 0. The molecule has 0 bridgehead atoms. The van der Waals surface area contributed by atoms with Crippen LogP contribution in [0.4, 0.5) is 0 Å². The van der Waals surface area contributed by atoms with E-state index in [0.717, 1.165) is 25.7 Å². The molecule has 0 spiro atoms. The van der Waals surface area contributed by atoms with Crippen molar-refractivity contribution < 1.29 is 0 Å². The topological polar surface area (TPSA) is 0 Å². The van der Waals surface area contributed by atoms with Crippen LogP contribution < -0.4 is 0 Å². The molecule has 1 atom stereocenters. The highest BCUT2D eigenvalue weighted by Crippen LogP contribution is 2.40. The van der Waals surface area contributed by atoms with E-state index in [1.807, 2.05) is 6.08 Å². The number of hydrogen-bond donors (Lipinski definition) is 0. The summed E-state index contributed by atoms with van der Waals surface area (Å²) in [5, 5.41) is 0. The molecule has 1 aliphatic carbocycles. The third-order valence-electron chi connectivity index (χ3n) is 4.03. The third-order valence-corrected chi connectivity index (χ3v) is 4.03. The van der Waals surface area contributed by atoms with Gasteiger partial charge in [0, 0.05) is 0 Å². The Kier molecular flexibility index (Phi) is 6.68. The van der Waals surface area contributed by atoms with Crippen molar-refractivity contribution in [2.45, 2.75) is 46.5 Å². The van der Waals surface area contributed by atoms with Gasteiger partial charge in [0.25, 0.3) is 0 Å². The maximum Gasteiger partial charge on any atom is -0.00762 e. The zero-order valence-corrected chi connectivity index (χ0v) is 14.0. The molecule has 0 amide bonds. The highest BCUT2D eigenvalue weighted by molar-refractivity contribution is 5.43. The lowest BCUT2D eigenvalue weighted by Crippen LogP contribution is -2.23. The second-order valence-corrected chi connectivity index (χ2v) is 6.91. The van der Waals surface area contributed by atoms with Gasteiger partial charge in [0.05, 0.1) is 0 Å². The lowest BCUT2D eigenvalue weighted by Gasteiger charge is -2.34. The van der Waals surface area contributed by atoms with Crippen LogP contribution in [0.1, 0.15) is 46.5 Å². The maximum atomic E-state index is 4.41. The lowest BCUT2D eigenvalue weighted by atomic mass is 9.71. The molecule has 21 heavy (non-hydrogen) atoms. The van der Waals surface area contributed by atoms with Crippen LogP contribution in [0.3, 0.4) is 0 Å². The van der Waals surface area contributed by atoms with Crippen molar-refractivity contribution >= 4 is 0 Å². The smallest absolute Gasteiger partial charge is 0.00762 e. The number of rotatable bonds is 7. The first-order valence-electron chi connectivity index (χ1n) is 7.86. The van der Waals surface area contributed by atoms with Gasteiger partial charge in [-0.05, 0) is 48.2 Å². The fourth-order valence-corrected chi connectivity index (χ4v) is 2.67. The first-order chi connectivity index (χ1) is 9.86. The van der Waals surface area contributed by atoms with Gasteiger partial charge in [-0.15, -0.1) is 6.58 Å². The van der Waals surface area contributed by atoms with Crippen LogP contribution in [-0.4, -0.2) is 0 Å². The Balaban J connectivity index is 2.87. The van der Waals surface area contributed by atoms with Gasteiger partial charge in [0.1, 0.15) is 0 Å². The highest BCUT2D eigenvalue weighted by Gasteiger charge is 2.28. The van der Waals surface area contributed by atoms with Gasteiger partial charge in [0.15, 0.2) is 0 Å². The van der Waals surface area contributed by atoms with Gasteiger partial charge in [0.2, 0.25) is 0 Å². The van der Waals surface area contributed by atoms with Gasteiger partial charge in [-0.3, -0.25) is 0 Å². The minimum absolute atomic E-state index is 0.183. The van der Waals surface area contributed by atoms with E-state index in [2.05, 4.69) is 70.9 Å². The normalized spacial score (nSPS) is 16.0. The van der Waals surface area contributed by atoms with Crippen LogP contribution in [0.25, 0.3) is 0 Å². The van der Waals surface area contributed by atoms with Crippen molar-refractivity contribution in [1.29, 1.82) is 0 Å². The molecule has 0 aromatic heterocycles. The molecule has 0 aromatic rings. The molecule has 0 aliphatic heterocycles. The van der Waals surface area contributed by atoms with Gasteiger partial charge in [-0.2, -0.15) is 0 Å². The molecule has 0 fully saturated rings. The van der Waals surface area contributed by atoms with Crippen molar-refractivity contribution in [2.75, 3.05) is 0 Å². The van der Waals surface area contributed by atoms with Crippen LogP contribution in [0.15, 0.2) is 72.9 Å². The molecular weight excluding hydrogens is 252 g/mol. The summed E-state index contributed by atoms with van der Waals surface area (Å²) in [6, 6.07) is 0. The van der Waals surface area contributed by atoms with Gasteiger partial charge in [-0.1, -0.05) is 76.0 Å². The summed E-state index contributed by atoms with van der Waals surface area (Å²) in [6.45, 7) is 19.3. The Hall–Kier alpha value is -1.56. The average Bonchev–Trinajstić information content (AvgIpc) is 2.69. The average molecular weight is 282 g/mol. The van der Waals surface area contributed by atoms with Crippen LogP contribution >= 0.6 is 0 Å². The van der Waals surface area contributed by atoms with E-state index >= 15 is 0 Å². The van der Waals surface area contributed by atoms with E-state index in [1.165, 1.54) is 16.7 Å². The maximum absolute atomic E-state index is 4.41. The zero-order chi connectivity index (χ0) is 15.9. The minimum atomic E-state index is 0.183. The summed E-state index contributed by atoms with van der Waals surface area (Å²) in [5.41, 5.74) is 3.99. The molecule has 0 aromatic carbocycles. The Morgan fingerprint density at radius 2 is 2.00 bits per heavy atom. The fourth-order valence-electron chi connectivity index (χ4n) is 2.67. The van der Waals surface area contributed by atoms with Crippen LogP contribution in [-0.2, 0) is 0 Å². The minimum Gasteiger partial charge on any atom is -0.103 e. The van der Waals surface area contributed by atoms with Crippen molar-refractivity contribution in [3.8, 4) is 0 Å². The molecule has 0 saturated carbocycles. The molecule has 0 nitrogen and oxygen atoms in total. The van der Waals surface area contributed by atoms with E-state index in [1.54, 1.807) is 0 Å². The summed E-state index contributed by atoms with van der Waals surface area (Å²) < 4.78 is 0. The van der Waals surface area contributed by atoms with Crippen LogP contribution in [0.5, 0.6) is 0 Å². The predicted molar refractivity (Wildman–Crippen MR) is 96.3 cm³/mol. The van der Waals surface area contributed by atoms with Crippen molar-refractivity contribution in [2.24, 2.45) is 11.3 Å². The van der Waals surface area contributed by atoms with Crippen molar-refractivity contribution in [3.05, 3.63) is 72.9 Å². The monoisotopic (exact) mass is 282 g/mol. The second-order valence-electron chi connectivity index (χ2n) is 6.91. The van der Waals surface area contributed by atoms with E-state index in [4.69, 9.17) is 0 Å². The van der Waals surface area contributed by atoms with Crippen molar-refractivity contribution in [3.63, 3.8) is 0 Å². The molecule has 0 saturated heterocycles. The first kappa shape index (κ1) is 17.5. The lowest BCUT2D eigenvalue weighted by molar-refractivity contribution is 0.279. The molecule has 0 heteroatoms. The van der Waals surface area contributed by atoms with E-state index < -0.39 is 0 Å². The molecule has 0 N–H and O–H groups in total. The SMILES string of the molecule is C=CCCC(=C)CC(C(=C)C1=CCC=CC=C1)C(C)(C)C. The summed E-state index contributed by atoms with van der Waals surface area (Å²) >= 11 is 0. The standard InChI is InChI=1S/C21H30/c1-7-8-13-17(2)16-20(21(4,5)6)18(3)19-14-11-9-10-12-15-19/h7,9-11,14-15,20H,1-3,8,12-13,16H2,4-6H3. The van der Waals surface area contributed by atoms with E-state index in [-0.39, 0.29) is 5.41 Å². The Bertz CT molecular complexity index is 475. The quantitative estimate of drug-likeness (QED) is 0.464. The van der Waals surface area contributed by atoms with Gasteiger partial charge >= 0.3 is 0 Å². The van der Waals surface area contributed by atoms with E-state index in [0.29, 0.717) is 5.92 Å².